The Hall–Kier alpha value is -2.10. The van der Waals surface area contributed by atoms with Gasteiger partial charge in [-0.15, -0.1) is 0 Å². The Morgan fingerprint density at radius 1 is 1.17 bits per heavy atom. The number of hydrogen-bond acceptors (Lipinski definition) is 3. The Bertz CT molecular complexity index is 1020. The third kappa shape index (κ3) is 5.09. The molecule has 1 saturated carbocycles. The molecule has 0 unspecified atom stereocenters. The molecule has 10 heteroatoms. The molecule has 0 saturated heterocycles. The van der Waals surface area contributed by atoms with Gasteiger partial charge in [0.15, 0.2) is 0 Å². The molecule has 1 fully saturated rings. The van der Waals surface area contributed by atoms with E-state index in [0.29, 0.717) is 17.2 Å². The molecule has 29 heavy (non-hydrogen) atoms. The summed E-state index contributed by atoms with van der Waals surface area (Å²) in [6.45, 7) is -0.160. The summed E-state index contributed by atoms with van der Waals surface area (Å²) in [5, 5.41) is 2.63. The summed E-state index contributed by atoms with van der Waals surface area (Å²) in [5.74, 6) is -0.212. The van der Waals surface area contributed by atoms with Crippen LogP contribution in [0.25, 0.3) is 0 Å². The van der Waals surface area contributed by atoms with E-state index in [1.54, 1.807) is 24.3 Å². The van der Waals surface area contributed by atoms with Crippen molar-refractivity contribution in [2.75, 3.05) is 7.05 Å². The summed E-state index contributed by atoms with van der Waals surface area (Å²) >= 11 is 5.62. The smallest absolute Gasteiger partial charge is 0.349 e. The highest BCUT2D eigenvalue weighted by Gasteiger charge is 2.38. The molecule has 1 N–H and O–H groups in total. The van der Waals surface area contributed by atoms with E-state index in [2.05, 4.69) is 5.32 Å². The quantitative estimate of drug-likeness (QED) is 0.727. The van der Waals surface area contributed by atoms with Crippen molar-refractivity contribution in [2.45, 2.75) is 36.5 Å². The van der Waals surface area contributed by atoms with Crippen LogP contribution in [-0.2, 0) is 22.7 Å². The standard InChI is InChI=1S/C19H18ClF3N2O3S/c1-25(11-12-2-4-13(5-3-12)18(26)24-15-7-8-15)29(27,28)17-9-6-14(20)10-16(17)19(21,22)23/h2-6,9-10,15H,7-8,11H2,1H3,(H,24,26). The molecule has 0 radical (unpaired) electrons. The SMILES string of the molecule is CN(Cc1ccc(C(=O)NC2CC2)cc1)S(=O)(=O)c1ccc(Cl)cc1C(F)(F)F. The van der Waals surface area contributed by atoms with Crippen LogP contribution in [0.15, 0.2) is 47.4 Å². The molecule has 0 aromatic heterocycles. The molecule has 1 aliphatic rings. The Morgan fingerprint density at radius 2 is 1.79 bits per heavy atom. The fourth-order valence-electron chi connectivity index (χ4n) is 2.72. The predicted molar refractivity (Wildman–Crippen MR) is 102 cm³/mol. The third-order valence-electron chi connectivity index (χ3n) is 4.47. The summed E-state index contributed by atoms with van der Waals surface area (Å²) < 4.78 is 66.2. The van der Waals surface area contributed by atoms with Crippen molar-refractivity contribution < 1.29 is 26.4 Å². The summed E-state index contributed by atoms with van der Waals surface area (Å²) in [6.07, 6.45) is -2.96. The molecule has 0 spiro atoms. The zero-order valence-corrected chi connectivity index (χ0v) is 16.9. The van der Waals surface area contributed by atoms with Crippen LogP contribution in [-0.4, -0.2) is 31.7 Å². The van der Waals surface area contributed by atoms with Crippen molar-refractivity contribution in [1.82, 2.24) is 9.62 Å². The minimum atomic E-state index is -4.87. The van der Waals surface area contributed by atoms with Gasteiger partial charge in [0, 0.05) is 30.2 Å². The Labute approximate surface area is 171 Å². The van der Waals surface area contributed by atoms with Gasteiger partial charge in [-0.2, -0.15) is 17.5 Å². The highest BCUT2D eigenvalue weighted by molar-refractivity contribution is 7.89. The molecule has 0 aliphatic heterocycles. The fraction of sp³-hybridized carbons (Fsp3) is 0.316. The van der Waals surface area contributed by atoms with Gasteiger partial charge in [-0.25, -0.2) is 8.42 Å². The number of benzene rings is 2. The van der Waals surface area contributed by atoms with Crippen molar-refractivity contribution >= 4 is 27.5 Å². The zero-order chi connectivity index (χ0) is 21.4. The molecule has 5 nitrogen and oxygen atoms in total. The van der Waals surface area contributed by atoms with Crippen molar-refractivity contribution in [2.24, 2.45) is 0 Å². The number of amides is 1. The summed E-state index contributed by atoms with van der Waals surface area (Å²) in [7, 11) is -3.23. The van der Waals surface area contributed by atoms with Crippen LogP contribution in [0, 0.1) is 0 Å². The minimum absolute atomic E-state index is 0.160. The number of hydrogen-bond donors (Lipinski definition) is 1. The van der Waals surface area contributed by atoms with E-state index in [1.165, 1.54) is 7.05 Å². The molecule has 156 valence electrons. The second-order valence-corrected chi connectivity index (χ2v) is 9.29. The topological polar surface area (TPSA) is 66.5 Å². The monoisotopic (exact) mass is 446 g/mol. The van der Waals surface area contributed by atoms with E-state index in [9.17, 15) is 26.4 Å². The predicted octanol–water partition coefficient (Wildman–Crippen LogP) is 4.07. The number of carbonyl (C=O) groups excluding carboxylic acids is 1. The van der Waals surface area contributed by atoms with E-state index >= 15 is 0 Å². The van der Waals surface area contributed by atoms with E-state index < -0.39 is 26.7 Å². The first-order valence-electron chi connectivity index (χ1n) is 8.71. The molecule has 0 atom stereocenters. The normalized spacial score (nSPS) is 14.8. The number of carbonyl (C=O) groups is 1. The van der Waals surface area contributed by atoms with Crippen LogP contribution in [0.1, 0.15) is 34.3 Å². The summed E-state index contributed by atoms with van der Waals surface area (Å²) in [6, 6.07) is 9.00. The van der Waals surface area contributed by atoms with Crippen molar-refractivity contribution in [3.05, 3.63) is 64.2 Å². The van der Waals surface area contributed by atoms with Gasteiger partial charge in [-0.1, -0.05) is 23.7 Å². The molecular formula is C19H18ClF3N2O3S. The van der Waals surface area contributed by atoms with Crippen LogP contribution in [0.2, 0.25) is 5.02 Å². The molecule has 2 aromatic carbocycles. The number of nitrogens with one attached hydrogen (secondary N) is 1. The lowest BCUT2D eigenvalue weighted by Crippen LogP contribution is -2.29. The van der Waals surface area contributed by atoms with Gasteiger partial charge in [0.2, 0.25) is 10.0 Å². The van der Waals surface area contributed by atoms with Crippen LogP contribution >= 0.6 is 11.6 Å². The lowest BCUT2D eigenvalue weighted by Gasteiger charge is -2.20. The number of alkyl halides is 3. The molecular weight excluding hydrogens is 429 g/mol. The van der Waals surface area contributed by atoms with Crippen molar-refractivity contribution in [1.29, 1.82) is 0 Å². The van der Waals surface area contributed by atoms with Gasteiger partial charge in [-0.05, 0) is 48.7 Å². The van der Waals surface area contributed by atoms with Crippen molar-refractivity contribution in [3.8, 4) is 0 Å². The van der Waals surface area contributed by atoms with Gasteiger partial charge < -0.3 is 5.32 Å². The average molecular weight is 447 g/mol. The number of halogens is 4. The maximum Gasteiger partial charge on any atom is 0.417 e. The second kappa shape index (κ2) is 7.97. The highest BCUT2D eigenvalue weighted by Crippen LogP contribution is 2.37. The first-order chi connectivity index (χ1) is 13.5. The number of sulfonamides is 1. The summed E-state index contributed by atoms with van der Waals surface area (Å²) in [4.78, 5) is 11.1. The molecule has 2 aromatic rings. The number of nitrogens with zero attached hydrogens (tertiary/aromatic N) is 1. The third-order valence-corrected chi connectivity index (χ3v) is 6.57. The molecule has 0 bridgehead atoms. The Kier molecular flexibility index (Phi) is 5.93. The minimum Gasteiger partial charge on any atom is -0.349 e. The van der Waals surface area contributed by atoms with Crippen LogP contribution < -0.4 is 5.32 Å². The van der Waals surface area contributed by atoms with E-state index in [-0.39, 0.29) is 23.5 Å². The fourth-order valence-corrected chi connectivity index (χ4v) is 4.24. The van der Waals surface area contributed by atoms with Crippen molar-refractivity contribution in [3.63, 3.8) is 0 Å². The van der Waals surface area contributed by atoms with E-state index in [0.717, 1.165) is 29.3 Å². The number of rotatable bonds is 6. The van der Waals surface area contributed by atoms with Crippen LogP contribution in [0.3, 0.4) is 0 Å². The first kappa shape index (κ1) is 21.6. The average Bonchev–Trinajstić information content (AvgIpc) is 3.45. The zero-order valence-electron chi connectivity index (χ0n) is 15.3. The maximum atomic E-state index is 13.3. The van der Waals surface area contributed by atoms with Gasteiger partial charge >= 0.3 is 6.18 Å². The van der Waals surface area contributed by atoms with Gasteiger partial charge in [0.05, 0.1) is 10.5 Å². The molecule has 0 heterocycles. The largest absolute Gasteiger partial charge is 0.417 e. The van der Waals surface area contributed by atoms with E-state index in [4.69, 9.17) is 11.6 Å². The molecule has 3 rings (SSSR count). The lowest BCUT2D eigenvalue weighted by atomic mass is 10.1. The first-order valence-corrected chi connectivity index (χ1v) is 10.5. The van der Waals surface area contributed by atoms with Crippen LogP contribution in [0.5, 0.6) is 0 Å². The molecule has 1 amide bonds. The Balaban J connectivity index is 1.79. The molecule has 1 aliphatic carbocycles. The Morgan fingerprint density at radius 3 is 2.34 bits per heavy atom. The second-order valence-electron chi connectivity index (χ2n) is 6.84. The van der Waals surface area contributed by atoms with Gasteiger partial charge in [0.1, 0.15) is 0 Å². The lowest BCUT2D eigenvalue weighted by molar-refractivity contribution is -0.139. The van der Waals surface area contributed by atoms with Gasteiger partial charge in [0.25, 0.3) is 5.91 Å². The van der Waals surface area contributed by atoms with Crippen LogP contribution in [0.4, 0.5) is 13.2 Å². The van der Waals surface area contributed by atoms with E-state index in [1.807, 2.05) is 0 Å². The summed E-state index contributed by atoms with van der Waals surface area (Å²) in [5.41, 5.74) is -0.353. The highest BCUT2D eigenvalue weighted by atomic mass is 35.5. The van der Waals surface area contributed by atoms with Gasteiger partial charge in [-0.3, -0.25) is 4.79 Å². The maximum absolute atomic E-state index is 13.3.